The van der Waals surface area contributed by atoms with Crippen LogP contribution in [0.1, 0.15) is 31.7 Å². The zero-order chi connectivity index (χ0) is 23.0. The number of nitrogens with two attached hydrogens (primary N) is 1. The van der Waals surface area contributed by atoms with Crippen LogP contribution in [0.4, 0.5) is 0 Å². The van der Waals surface area contributed by atoms with Gasteiger partial charge in [-0.3, -0.25) is 19.3 Å². The molecule has 31 heavy (non-hydrogen) atoms. The summed E-state index contributed by atoms with van der Waals surface area (Å²) in [4.78, 5) is 48.6. The Hall–Kier alpha value is -2.98. The van der Waals surface area contributed by atoms with Gasteiger partial charge in [-0.05, 0) is 30.6 Å². The Morgan fingerprint density at radius 2 is 1.94 bits per heavy atom. The van der Waals surface area contributed by atoms with E-state index >= 15 is 0 Å². The summed E-state index contributed by atoms with van der Waals surface area (Å²) in [6.07, 6.45) is 3.30. The number of nitrogens with one attached hydrogen (secondary N) is 1. The second-order valence-electron chi connectivity index (χ2n) is 6.85. The van der Waals surface area contributed by atoms with E-state index in [1.807, 2.05) is 43.3 Å². The lowest BCUT2D eigenvalue weighted by molar-refractivity contribution is -0.142. The second kappa shape index (κ2) is 11.4. The molecular formula is C21H23N3O5S2. The maximum Gasteiger partial charge on any atom is 0.326 e. The number of thiocarbonyl (C=S) groups is 1. The van der Waals surface area contributed by atoms with Gasteiger partial charge in [0.1, 0.15) is 10.4 Å². The largest absolute Gasteiger partial charge is 0.480 e. The minimum Gasteiger partial charge on any atom is -0.480 e. The van der Waals surface area contributed by atoms with Crippen molar-refractivity contribution in [1.82, 2.24) is 10.2 Å². The van der Waals surface area contributed by atoms with E-state index in [9.17, 15) is 19.2 Å². The number of primary amides is 1. The average molecular weight is 462 g/mol. The molecule has 1 aliphatic rings. The van der Waals surface area contributed by atoms with E-state index in [2.05, 4.69) is 5.32 Å². The number of carbonyl (C=O) groups excluding carboxylic acids is 3. The van der Waals surface area contributed by atoms with Gasteiger partial charge in [0.25, 0.3) is 5.91 Å². The van der Waals surface area contributed by atoms with Crippen molar-refractivity contribution >= 4 is 58.1 Å². The topological polar surface area (TPSA) is 130 Å². The number of hydrogen-bond donors (Lipinski definition) is 3. The Balaban J connectivity index is 1.95. The minimum absolute atomic E-state index is 0.0252. The molecule has 1 heterocycles. The van der Waals surface area contributed by atoms with E-state index in [-0.39, 0.29) is 31.7 Å². The average Bonchev–Trinajstić information content (AvgIpc) is 2.96. The van der Waals surface area contributed by atoms with Gasteiger partial charge in [0.15, 0.2) is 0 Å². The molecule has 0 bridgehead atoms. The van der Waals surface area contributed by atoms with Gasteiger partial charge in [-0.2, -0.15) is 0 Å². The Kier molecular flexibility index (Phi) is 8.95. The van der Waals surface area contributed by atoms with E-state index in [1.54, 1.807) is 6.08 Å². The molecule has 2 rings (SSSR count). The highest BCUT2D eigenvalue weighted by molar-refractivity contribution is 8.26. The minimum atomic E-state index is -1.26. The fourth-order valence-electron chi connectivity index (χ4n) is 2.78. The molecule has 0 saturated carbocycles. The standard InChI is InChI=1S/C21H23N3O5S2/c1-13(11-14-5-3-2-4-6-14)12-16-19(27)24(21(30)31-16)10-9-18(26)23-15(20(28)29)7-8-17(22)25/h2-6,11-12,15H,7-10H2,1H3,(H2,22,25)(H,23,26)(H,28,29). The molecule has 1 aliphatic heterocycles. The summed E-state index contributed by atoms with van der Waals surface area (Å²) >= 11 is 6.41. The van der Waals surface area contributed by atoms with E-state index in [4.69, 9.17) is 23.1 Å². The molecular weight excluding hydrogens is 438 g/mol. The zero-order valence-electron chi connectivity index (χ0n) is 16.9. The molecule has 0 aromatic heterocycles. The number of carboxylic acid groups (broad SMARTS) is 1. The molecule has 0 aliphatic carbocycles. The van der Waals surface area contributed by atoms with Crippen molar-refractivity contribution < 1.29 is 24.3 Å². The highest BCUT2D eigenvalue weighted by atomic mass is 32.2. The molecule has 164 valence electrons. The molecule has 1 saturated heterocycles. The van der Waals surface area contributed by atoms with Crippen LogP contribution in [-0.2, 0) is 19.2 Å². The van der Waals surface area contributed by atoms with E-state index in [0.717, 1.165) is 22.9 Å². The molecule has 0 radical (unpaired) electrons. The number of thioether (sulfide) groups is 1. The molecule has 8 nitrogen and oxygen atoms in total. The molecule has 1 atom stereocenters. The van der Waals surface area contributed by atoms with Crippen LogP contribution in [-0.4, -0.2) is 50.6 Å². The number of allylic oxidation sites excluding steroid dienone is 2. The number of carboxylic acids is 1. The summed E-state index contributed by atoms with van der Waals surface area (Å²) in [5.41, 5.74) is 6.90. The van der Waals surface area contributed by atoms with Gasteiger partial charge in [-0.25, -0.2) is 4.79 Å². The number of benzene rings is 1. The van der Waals surface area contributed by atoms with Gasteiger partial charge in [0.05, 0.1) is 4.91 Å². The van der Waals surface area contributed by atoms with Crippen molar-refractivity contribution in [2.75, 3.05) is 6.54 Å². The highest BCUT2D eigenvalue weighted by Crippen LogP contribution is 2.32. The van der Waals surface area contributed by atoms with E-state index < -0.39 is 23.8 Å². The quantitative estimate of drug-likeness (QED) is 0.359. The number of nitrogens with zero attached hydrogens (tertiary/aromatic N) is 1. The third-order valence-electron chi connectivity index (χ3n) is 4.30. The third kappa shape index (κ3) is 7.65. The molecule has 1 unspecified atom stereocenters. The summed E-state index contributed by atoms with van der Waals surface area (Å²) in [5.74, 6) is -2.77. The fraction of sp³-hybridized carbons (Fsp3) is 0.286. The summed E-state index contributed by atoms with van der Waals surface area (Å²) in [6, 6.07) is 8.45. The lowest BCUT2D eigenvalue weighted by Gasteiger charge is -2.16. The van der Waals surface area contributed by atoms with Gasteiger partial charge in [0, 0.05) is 19.4 Å². The van der Waals surface area contributed by atoms with Gasteiger partial charge in [-0.1, -0.05) is 60.4 Å². The molecule has 0 spiro atoms. The molecule has 3 amide bonds. The van der Waals surface area contributed by atoms with Gasteiger partial charge in [-0.15, -0.1) is 0 Å². The third-order valence-corrected chi connectivity index (χ3v) is 5.68. The highest BCUT2D eigenvalue weighted by Gasteiger charge is 2.32. The van der Waals surface area contributed by atoms with Crippen LogP contribution < -0.4 is 11.1 Å². The van der Waals surface area contributed by atoms with Crippen LogP contribution in [0.3, 0.4) is 0 Å². The SMILES string of the molecule is CC(=Cc1ccccc1)C=C1SC(=S)N(CCC(=O)NC(CCC(N)=O)C(=O)O)C1=O. The predicted octanol–water partition coefficient (Wildman–Crippen LogP) is 2.06. The molecule has 1 aromatic rings. The molecule has 4 N–H and O–H groups in total. The summed E-state index contributed by atoms with van der Waals surface area (Å²) in [5, 5.41) is 11.5. The maximum absolute atomic E-state index is 12.7. The molecule has 1 fully saturated rings. The Bertz CT molecular complexity index is 944. The zero-order valence-corrected chi connectivity index (χ0v) is 18.5. The first-order chi connectivity index (χ1) is 14.7. The smallest absolute Gasteiger partial charge is 0.326 e. The van der Waals surface area contributed by atoms with Crippen LogP contribution in [0, 0.1) is 0 Å². The number of hydrogen-bond acceptors (Lipinski definition) is 6. The van der Waals surface area contributed by atoms with Gasteiger partial charge >= 0.3 is 5.97 Å². The first-order valence-electron chi connectivity index (χ1n) is 9.46. The van der Waals surface area contributed by atoms with E-state index in [1.165, 1.54) is 4.90 Å². The fourth-order valence-corrected chi connectivity index (χ4v) is 4.14. The van der Waals surface area contributed by atoms with Crippen LogP contribution in [0.2, 0.25) is 0 Å². The van der Waals surface area contributed by atoms with Crippen molar-refractivity contribution in [1.29, 1.82) is 0 Å². The number of aliphatic carboxylic acids is 1. The van der Waals surface area contributed by atoms with Crippen LogP contribution in [0.15, 0.2) is 46.9 Å². The summed E-state index contributed by atoms with van der Waals surface area (Å²) in [6.45, 7) is 1.91. The first kappa shape index (κ1) is 24.3. The Labute approximate surface area is 189 Å². The first-order valence-corrected chi connectivity index (χ1v) is 10.7. The van der Waals surface area contributed by atoms with Crippen LogP contribution >= 0.6 is 24.0 Å². The lowest BCUT2D eigenvalue weighted by atomic mass is 10.1. The summed E-state index contributed by atoms with van der Waals surface area (Å²) < 4.78 is 0.333. The van der Waals surface area contributed by atoms with Crippen LogP contribution in [0.5, 0.6) is 0 Å². The van der Waals surface area contributed by atoms with E-state index in [0.29, 0.717) is 9.23 Å². The van der Waals surface area contributed by atoms with Crippen molar-refractivity contribution in [2.24, 2.45) is 5.73 Å². The van der Waals surface area contributed by atoms with Crippen molar-refractivity contribution in [3.8, 4) is 0 Å². The normalized spacial score (nSPS) is 16.5. The maximum atomic E-state index is 12.7. The Morgan fingerprint density at radius 1 is 1.26 bits per heavy atom. The summed E-state index contributed by atoms with van der Waals surface area (Å²) in [7, 11) is 0. The lowest BCUT2D eigenvalue weighted by Crippen LogP contribution is -2.42. The van der Waals surface area contributed by atoms with Crippen molar-refractivity contribution in [3.63, 3.8) is 0 Å². The monoisotopic (exact) mass is 461 g/mol. The van der Waals surface area contributed by atoms with Crippen molar-refractivity contribution in [3.05, 3.63) is 52.4 Å². The molecule has 10 heteroatoms. The van der Waals surface area contributed by atoms with Crippen LogP contribution in [0.25, 0.3) is 6.08 Å². The van der Waals surface area contributed by atoms with Gasteiger partial charge in [0.2, 0.25) is 11.8 Å². The van der Waals surface area contributed by atoms with Gasteiger partial charge < -0.3 is 16.2 Å². The Morgan fingerprint density at radius 3 is 2.55 bits per heavy atom. The number of rotatable bonds is 10. The number of amides is 3. The molecule has 1 aromatic carbocycles. The predicted molar refractivity (Wildman–Crippen MR) is 123 cm³/mol. The van der Waals surface area contributed by atoms with Crippen molar-refractivity contribution in [2.45, 2.75) is 32.2 Å². The second-order valence-corrected chi connectivity index (χ2v) is 8.52. The number of carbonyl (C=O) groups is 4.